The van der Waals surface area contributed by atoms with Crippen molar-refractivity contribution in [2.75, 3.05) is 40.3 Å². The lowest BCUT2D eigenvalue weighted by molar-refractivity contribution is 0.163. The average Bonchev–Trinajstić information content (AvgIpc) is 2.40. The van der Waals surface area contributed by atoms with E-state index >= 15 is 0 Å². The monoisotopic (exact) mass is 291 g/mol. The van der Waals surface area contributed by atoms with Crippen LogP contribution in [0.4, 0.5) is 0 Å². The first-order valence-electron chi connectivity index (χ1n) is 8.01. The molecular weight excluding hydrogens is 258 g/mol. The molecule has 1 atom stereocenters. The maximum atomic E-state index is 6.15. The number of rotatable bonds is 8. The Morgan fingerprint density at radius 2 is 1.76 bits per heavy atom. The minimum absolute atomic E-state index is 0.312. The standard InChI is InChI=1S/C18H33N3/c1-14(2)13-21(11-10-20(5)6)18(12-19)17-9-7-8-15(3)16(17)4/h7-9,14,18H,10-13,19H2,1-6H3. The van der Waals surface area contributed by atoms with Crippen LogP contribution < -0.4 is 5.73 Å². The van der Waals surface area contributed by atoms with E-state index in [4.69, 9.17) is 5.73 Å². The molecule has 0 aliphatic rings. The molecule has 0 saturated heterocycles. The molecule has 2 N–H and O–H groups in total. The van der Waals surface area contributed by atoms with Crippen molar-refractivity contribution in [1.82, 2.24) is 9.80 Å². The molecule has 1 unspecified atom stereocenters. The topological polar surface area (TPSA) is 32.5 Å². The zero-order valence-electron chi connectivity index (χ0n) is 14.7. The number of benzene rings is 1. The molecule has 0 aliphatic carbocycles. The van der Waals surface area contributed by atoms with Crippen molar-refractivity contribution in [3.8, 4) is 0 Å². The third kappa shape index (κ3) is 5.42. The number of nitrogens with two attached hydrogens (primary N) is 1. The Kier molecular flexibility index (Phi) is 7.36. The smallest absolute Gasteiger partial charge is 0.0473 e. The maximum Gasteiger partial charge on any atom is 0.0473 e. The van der Waals surface area contributed by atoms with Crippen LogP contribution in [0.1, 0.15) is 36.6 Å². The third-order valence-electron chi connectivity index (χ3n) is 4.10. The van der Waals surface area contributed by atoms with Gasteiger partial charge in [0.2, 0.25) is 0 Å². The molecule has 0 aromatic heterocycles. The fraction of sp³-hybridized carbons (Fsp3) is 0.667. The molecule has 0 radical (unpaired) electrons. The van der Waals surface area contributed by atoms with Crippen LogP contribution in [0, 0.1) is 19.8 Å². The average molecular weight is 291 g/mol. The second-order valence-electron chi connectivity index (χ2n) is 6.73. The summed E-state index contributed by atoms with van der Waals surface area (Å²) >= 11 is 0. The van der Waals surface area contributed by atoms with Crippen LogP contribution in [-0.4, -0.2) is 50.1 Å². The molecule has 0 amide bonds. The summed E-state index contributed by atoms with van der Waals surface area (Å²) in [6, 6.07) is 6.88. The fourth-order valence-corrected chi connectivity index (χ4v) is 2.78. The van der Waals surface area contributed by atoms with E-state index in [1.807, 2.05) is 0 Å². The van der Waals surface area contributed by atoms with Gasteiger partial charge in [-0.15, -0.1) is 0 Å². The fourth-order valence-electron chi connectivity index (χ4n) is 2.78. The number of hydrogen-bond donors (Lipinski definition) is 1. The SMILES string of the molecule is Cc1cccc(C(CN)N(CCN(C)C)CC(C)C)c1C. The zero-order valence-corrected chi connectivity index (χ0v) is 14.7. The molecule has 0 spiro atoms. The van der Waals surface area contributed by atoms with Crippen molar-refractivity contribution in [2.45, 2.75) is 33.7 Å². The van der Waals surface area contributed by atoms with Crippen molar-refractivity contribution in [3.05, 3.63) is 34.9 Å². The summed E-state index contributed by atoms with van der Waals surface area (Å²) in [7, 11) is 4.26. The molecule has 1 aromatic carbocycles. The van der Waals surface area contributed by atoms with Gasteiger partial charge in [-0.25, -0.2) is 0 Å². The number of aryl methyl sites for hydroxylation is 1. The minimum Gasteiger partial charge on any atom is -0.329 e. The zero-order chi connectivity index (χ0) is 16.0. The van der Waals surface area contributed by atoms with E-state index in [1.54, 1.807) is 0 Å². The summed E-state index contributed by atoms with van der Waals surface area (Å²) in [4.78, 5) is 4.79. The molecule has 0 fully saturated rings. The van der Waals surface area contributed by atoms with E-state index in [2.05, 4.69) is 69.8 Å². The second kappa shape index (κ2) is 8.52. The van der Waals surface area contributed by atoms with Crippen molar-refractivity contribution in [1.29, 1.82) is 0 Å². The summed E-state index contributed by atoms with van der Waals surface area (Å²) in [5.74, 6) is 0.645. The van der Waals surface area contributed by atoms with Gasteiger partial charge in [0, 0.05) is 32.2 Å². The first kappa shape index (κ1) is 18.1. The van der Waals surface area contributed by atoms with E-state index in [1.165, 1.54) is 16.7 Å². The summed E-state index contributed by atoms with van der Waals surface area (Å²) < 4.78 is 0. The molecule has 0 bridgehead atoms. The largest absolute Gasteiger partial charge is 0.329 e. The molecule has 0 saturated carbocycles. The maximum absolute atomic E-state index is 6.15. The van der Waals surface area contributed by atoms with Crippen LogP contribution in [0.2, 0.25) is 0 Å². The Labute approximate surface area is 131 Å². The van der Waals surface area contributed by atoms with Gasteiger partial charge in [-0.05, 0) is 50.6 Å². The van der Waals surface area contributed by atoms with E-state index in [0.29, 0.717) is 18.5 Å². The molecule has 1 rings (SSSR count). The Bertz CT molecular complexity index is 426. The predicted octanol–water partition coefficient (Wildman–Crippen LogP) is 2.82. The Morgan fingerprint density at radius 1 is 1.10 bits per heavy atom. The van der Waals surface area contributed by atoms with E-state index in [0.717, 1.165) is 19.6 Å². The van der Waals surface area contributed by atoms with Crippen LogP contribution >= 0.6 is 0 Å². The molecule has 1 aromatic rings. The Hall–Kier alpha value is -0.900. The summed E-state index contributed by atoms with van der Waals surface area (Å²) in [5.41, 5.74) is 10.3. The molecule has 3 heteroatoms. The van der Waals surface area contributed by atoms with Gasteiger partial charge >= 0.3 is 0 Å². The van der Waals surface area contributed by atoms with Crippen LogP contribution in [0.15, 0.2) is 18.2 Å². The third-order valence-corrected chi connectivity index (χ3v) is 4.10. The minimum atomic E-state index is 0.312. The molecular formula is C18H33N3. The van der Waals surface area contributed by atoms with E-state index in [-0.39, 0.29) is 0 Å². The van der Waals surface area contributed by atoms with Gasteiger partial charge in [-0.2, -0.15) is 0 Å². The lowest BCUT2D eigenvalue weighted by Crippen LogP contribution is -2.40. The molecule has 21 heavy (non-hydrogen) atoms. The van der Waals surface area contributed by atoms with Gasteiger partial charge < -0.3 is 10.6 Å². The van der Waals surface area contributed by atoms with E-state index < -0.39 is 0 Å². The second-order valence-corrected chi connectivity index (χ2v) is 6.73. The summed E-state index contributed by atoms with van der Waals surface area (Å²) in [6.07, 6.45) is 0. The lowest BCUT2D eigenvalue weighted by atomic mass is 9.95. The molecule has 0 aliphatic heterocycles. The highest BCUT2D eigenvalue weighted by molar-refractivity contribution is 5.35. The first-order valence-corrected chi connectivity index (χ1v) is 8.01. The van der Waals surface area contributed by atoms with Gasteiger partial charge in [-0.3, -0.25) is 4.90 Å². The van der Waals surface area contributed by atoms with Crippen LogP contribution in [0.5, 0.6) is 0 Å². The van der Waals surface area contributed by atoms with Gasteiger partial charge in [0.15, 0.2) is 0 Å². The predicted molar refractivity (Wildman–Crippen MR) is 92.7 cm³/mol. The van der Waals surface area contributed by atoms with Crippen LogP contribution in [0.3, 0.4) is 0 Å². The quantitative estimate of drug-likeness (QED) is 0.799. The number of hydrogen-bond acceptors (Lipinski definition) is 3. The normalized spacial score (nSPS) is 13.4. The van der Waals surface area contributed by atoms with Crippen molar-refractivity contribution >= 4 is 0 Å². The van der Waals surface area contributed by atoms with Gasteiger partial charge in [0.25, 0.3) is 0 Å². The van der Waals surface area contributed by atoms with Gasteiger partial charge in [0.1, 0.15) is 0 Å². The summed E-state index contributed by atoms with van der Waals surface area (Å²) in [6.45, 7) is 12.8. The van der Waals surface area contributed by atoms with Gasteiger partial charge in [-0.1, -0.05) is 32.0 Å². The number of likely N-dealkylation sites (N-methyl/N-ethyl adjacent to an activating group) is 1. The van der Waals surface area contributed by atoms with Crippen LogP contribution in [0.25, 0.3) is 0 Å². The van der Waals surface area contributed by atoms with Crippen molar-refractivity contribution < 1.29 is 0 Å². The van der Waals surface area contributed by atoms with Crippen LogP contribution in [-0.2, 0) is 0 Å². The highest BCUT2D eigenvalue weighted by atomic mass is 15.2. The highest BCUT2D eigenvalue weighted by Gasteiger charge is 2.21. The van der Waals surface area contributed by atoms with E-state index in [9.17, 15) is 0 Å². The first-order chi connectivity index (χ1) is 9.86. The Balaban J connectivity index is 3.01. The van der Waals surface area contributed by atoms with Crippen molar-refractivity contribution in [2.24, 2.45) is 11.7 Å². The van der Waals surface area contributed by atoms with Gasteiger partial charge in [0.05, 0.1) is 0 Å². The highest BCUT2D eigenvalue weighted by Crippen LogP contribution is 2.25. The summed E-state index contributed by atoms with van der Waals surface area (Å²) in [5, 5.41) is 0. The van der Waals surface area contributed by atoms with Crippen molar-refractivity contribution in [3.63, 3.8) is 0 Å². The Morgan fingerprint density at radius 3 is 2.29 bits per heavy atom. The molecule has 3 nitrogen and oxygen atoms in total. The molecule has 120 valence electrons. The molecule has 0 heterocycles. The number of nitrogens with zero attached hydrogens (tertiary/aromatic N) is 2. The lowest BCUT2D eigenvalue weighted by Gasteiger charge is -2.34.